The Morgan fingerprint density at radius 3 is 2.29 bits per heavy atom. The molecule has 1 aromatic carbocycles. The zero-order chi connectivity index (χ0) is 35.0. The lowest BCUT2D eigenvalue weighted by molar-refractivity contribution is -0.149. The van der Waals surface area contributed by atoms with E-state index in [4.69, 9.17) is 5.11 Å². The van der Waals surface area contributed by atoms with E-state index in [1.54, 1.807) is 11.8 Å². The highest BCUT2D eigenvalue weighted by atomic mass is 19.3. The molecule has 4 rings (SSSR count). The van der Waals surface area contributed by atoms with E-state index in [0.29, 0.717) is 50.5 Å². The molecule has 11 nitrogen and oxygen atoms in total. The molecule has 2 aromatic rings. The van der Waals surface area contributed by atoms with Crippen LogP contribution in [0.2, 0.25) is 0 Å². The van der Waals surface area contributed by atoms with Crippen LogP contribution in [0.4, 0.5) is 18.9 Å². The second-order valence-electron chi connectivity index (χ2n) is 12.9. The second kappa shape index (κ2) is 16.4. The molecule has 0 radical (unpaired) electrons. The van der Waals surface area contributed by atoms with Gasteiger partial charge in [-0.2, -0.15) is 8.78 Å². The first kappa shape index (κ1) is 36.8. The minimum absolute atomic E-state index is 0.0181. The Labute approximate surface area is 278 Å². The Kier molecular flexibility index (Phi) is 12.6. The monoisotopic (exact) mass is 674 g/mol. The van der Waals surface area contributed by atoms with Gasteiger partial charge in [-0.05, 0) is 61.6 Å². The Morgan fingerprint density at radius 2 is 1.71 bits per heavy atom. The summed E-state index contributed by atoms with van der Waals surface area (Å²) in [5, 5.41) is 16.6. The van der Waals surface area contributed by atoms with Crippen molar-refractivity contribution < 1.29 is 37.5 Å². The van der Waals surface area contributed by atoms with Crippen molar-refractivity contribution in [2.45, 2.75) is 77.0 Å². The highest BCUT2D eigenvalue weighted by Crippen LogP contribution is 2.33. The van der Waals surface area contributed by atoms with Crippen LogP contribution in [0.25, 0.3) is 0 Å². The minimum atomic E-state index is -4.03. The molecule has 1 aromatic heterocycles. The summed E-state index contributed by atoms with van der Waals surface area (Å²) in [6, 6.07) is 3.88. The quantitative estimate of drug-likeness (QED) is 0.271. The van der Waals surface area contributed by atoms with Crippen LogP contribution in [-0.2, 0) is 38.1 Å². The third-order valence-corrected chi connectivity index (χ3v) is 9.24. The van der Waals surface area contributed by atoms with E-state index in [-0.39, 0.29) is 36.0 Å². The minimum Gasteiger partial charge on any atom is -0.390 e. The van der Waals surface area contributed by atoms with Crippen LogP contribution >= 0.6 is 0 Å². The summed E-state index contributed by atoms with van der Waals surface area (Å²) in [7, 11) is 1.96. The molecule has 14 heteroatoms. The fourth-order valence-corrected chi connectivity index (χ4v) is 6.06. The Morgan fingerprint density at radius 1 is 1.02 bits per heavy atom. The maximum Gasteiger partial charge on any atom is 0.351 e. The molecule has 1 aliphatic carbocycles. The van der Waals surface area contributed by atoms with Gasteiger partial charge in [-0.3, -0.25) is 24.2 Å². The summed E-state index contributed by atoms with van der Waals surface area (Å²) in [4.78, 5) is 59.6. The van der Waals surface area contributed by atoms with Crippen LogP contribution in [0.5, 0.6) is 0 Å². The van der Waals surface area contributed by atoms with Crippen molar-refractivity contribution in [2.75, 3.05) is 38.5 Å². The van der Waals surface area contributed by atoms with Gasteiger partial charge >= 0.3 is 5.92 Å². The zero-order valence-corrected chi connectivity index (χ0v) is 27.6. The number of aliphatic hydroxyl groups excluding tert-OH is 1. The molecule has 0 spiro atoms. The number of aliphatic hydroxyl groups is 1. The van der Waals surface area contributed by atoms with Gasteiger partial charge in [0, 0.05) is 50.8 Å². The number of likely N-dealkylation sites (N-methyl/N-ethyl adjacent to an activating group) is 1. The number of carbonyl (C=O) groups excluding carboxylic acids is 4. The van der Waals surface area contributed by atoms with Gasteiger partial charge in [-0.1, -0.05) is 32.8 Å². The maximum atomic E-state index is 15.4. The number of anilines is 1. The smallest absolute Gasteiger partial charge is 0.351 e. The predicted molar refractivity (Wildman–Crippen MR) is 172 cm³/mol. The van der Waals surface area contributed by atoms with Gasteiger partial charge in [-0.25, -0.2) is 4.39 Å². The van der Waals surface area contributed by atoms with Crippen molar-refractivity contribution in [1.82, 2.24) is 25.4 Å². The number of hydrogen-bond acceptors (Lipinski definition) is 7. The molecule has 2 unspecified atom stereocenters. The molecule has 4 N–H and O–H groups in total. The van der Waals surface area contributed by atoms with Gasteiger partial charge < -0.3 is 30.9 Å². The van der Waals surface area contributed by atoms with Gasteiger partial charge in [-0.15, -0.1) is 0 Å². The Bertz CT molecular complexity index is 1440. The number of benzene rings is 1. The first-order valence-electron chi connectivity index (χ1n) is 16.4. The van der Waals surface area contributed by atoms with Crippen LogP contribution in [0.15, 0.2) is 36.5 Å². The molecule has 2 heterocycles. The summed E-state index contributed by atoms with van der Waals surface area (Å²) in [6.07, 6.45) is 3.47. The van der Waals surface area contributed by atoms with Crippen LogP contribution in [-0.4, -0.2) is 88.8 Å². The summed E-state index contributed by atoms with van der Waals surface area (Å²) < 4.78 is 45.9. The SMILES string of the molecule is CCC(=O)NC(Cc1ccc(NC(=O)C(NC(=O)C(F)(F)c2ccc(CO)nc2)C2CCC(C)CC2)c(F)c1)C(=O)N1CCN(C)CC1. The number of hydrogen-bond donors (Lipinski definition) is 4. The van der Waals surface area contributed by atoms with Crippen molar-refractivity contribution in [1.29, 1.82) is 0 Å². The third-order valence-electron chi connectivity index (χ3n) is 9.24. The van der Waals surface area contributed by atoms with Crippen molar-refractivity contribution in [3.05, 3.63) is 59.2 Å². The van der Waals surface area contributed by atoms with Crippen molar-refractivity contribution in [3.63, 3.8) is 0 Å². The summed E-state index contributed by atoms with van der Waals surface area (Å²) >= 11 is 0. The predicted octanol–water partition coefficient (Wildman–Crippen LogP) is 2.97. The number of rotatable bonds is 12. The molecule has 2 aliphatic rings. The first-order valence-corrected chi connectivity index (χ1v) is 16.4. The van der Waals surface area contributed by atoms with Crippen molar-refractivity contribution in [3.8, 4) is 0 Å². The molecule has 1 aliphatic heterocycles. The van der Waals surface area contributed by atoms with Gasteiger partial charge in [0.15, 0.2) is 0 Å². The molecule has 1 saturated carbocycles. The number of pyridine rings is 1. The molecule has 1 saturated heterocycles. The van der Waals surface area contributed by atoms with Crippen LogP contribution in [0.3, 0.4) is 0 Å². The van der Waals surface area contributed by atoms with Gasteiger partial charge in [0.1, 0.15) is 17.9 Å². The van der Waals surface area contributed by atoms with E-state index in [2.05, 4.69) is 32.8 Å². The van der Waals surface area contributed by atoms with Crippen LogP contribution < -0.4 is 16.0 Å². The average Bonchev–Trinajstić information content (AvgIpc) is 3.08. The number of nitrogens with zero attached hydrogens (tertiary/aromatic N) is 3. The zero-order valence-electron chi connectivity index (χ0n) is 27.6. The van der Waals surface area contributed by atoms with E-state index < -0.39 is 53.7 Å². The number of amides is 4. The van der Waals surface area contributed by atoms with Gasteiger partial charge in [0.25, 0.3) is 5.91 Å². The molecule has 2 atom stereocenters. The highest BCUT2D eigenvalue weighted by Gasteiger charge is 2.44. The number of halogens is 3. The average molecular weight is 675 g/mol. The fourth-order valence-electron chi connectivity index (χ4n) is 6.06. The van der Waals surface area contributed by atoms with Gasteiger partial charge in [0.05, 0.1) is 18.0 Å². The van der Waals surface area contributed by atoms with E-state index in [1.807, 2.05) is 7.05 Å². The normalized spacial score (nSPS) is 20.0. The fraction of sp³-hybridized carbons (Fsp3) is 0.559. The molecule has 4 amide bonds. The molecular weight excluding hydrogens is 629 g/mol. The lowest BCUT2D eigenvalue weighted by Crippen LogP contribution is -2.54. The topological polar surface area (TPSA) is 144 Å². The Balaban J connectivity index is 1.50. The Hall–Kier alpha value is -4.04. The largest absolute Gasteiger partial charge is 0.390 e. The lowest BCUT2D eigenvalue weighted by Gasteiger charge is -2.35. The van der Waals surface area contributed by atoms with Crippen LogP contribution in [0.1, 0.15) is 62.8 Å². The van der Waals surface area contributed by atoms with Crippen LogP contribution in [0, 0.1) is 17.7 Å². The molecule has 2 fully saturated rings. The number of alkyl halides is 2. The van der Waals surface area contributed by atoms with E-state index in [1.165, 1.54) is 18.2 Å². The van der Waals surface area contributed by atoms with Crippen molar-refractivity contribution in [2.24, 2.45) is 11.8 Å². The molecule has 0 bridgehead atoms. The first-order chi connectivity index (χ1) is 22.8. The molecule has 48 heavy (non-hydrogen) atoms. The third kappa shape index (κ3) is 9.31. The summed E-state index contributed by atoms with van der Waals surface area (Å²) in [6.45, 7) is 5.65. The van der Waals surface area contributed by atoms with E-state index in [0.717, 1.165) is 31.2 Å². The van der Waals surface area contributed by atoms with E-state index >= 15 is 13.2 Å². The molecular formula is C34H45F3N6O5. The summed E-state index contributed by atoms with van der Waals surface area (Å²) in [5.74, 6) is -8.05. The highest BCUT2D eigenvalue weighted by molar-refractivity contribution is 5.98. The lowest BCUT2D eigenvalue weighted by atomic mass is 9.79. The number of nitrogens with one attached hydrogen (secondary N) is 3. The standard InChI is InChI=1S/C34H45F3N6O5/c1-4-29(45)39-28(32(47)43-15-13-42(3)14-16-43)18-22-7-12-27(26(35)17-22)40-31(46)30(23-8-5-21(2)6-9-23)41-33(48)34(36,37)24-10-11-25(20-44)38-19-24/h7,10-12,17,19,21,23,28,30,44H,4-6,8-9,13-16,18,20H2,1-3H3,(H,39,45)(H,40,46)(H,41,48). The van der Waals surface area contributed by atoms with Gasteiger partial charge in [0.2, 0.25) is 17.7 Å². The number of carbonyl (C=O) groups is 4. The number of piperazine rings is 1. The maximum absolute atomic E-state index is 15.4. The molecule has 262 valence electrons. The summed E-state index contributed by atoms with van der Waals surface area (Å²) in [5.41, 5.74) is -0.363. The number of aromatic nitrogens is 1. The van der Waals surface area contributed by atoms with Crippen molar-refractivity contribution >= 4 is 29.3 Å². The second-order valence-corrected chi connectivity index (χ2v) is 12.9. The van der Waals surface area contributed by atoms with E-state index in [9.17, 15) is 19.2 Å².